The van der Waals surface area contributed by atoms with Crippen LogP contribution in [0, 0.1) is 6.92 Å². The third-order valence-corrected chi connectivity index (χ3v) is 3.96. The highest BCUT2D eigenvalue weighted by Crippen LogP contribution is 2.31. The number of benzene rings is 1. The van der Waals surface area contributed by atoms with Crippen molar-refractivity contribution in [3.63, 3.8) is 0 Å². The molecule has 2 aromatic rings. The highest BCUT2D eigenvalue weighted by atomic mass is 35.5. The Hall–Kier alpha value is -0.830. The standard InChI is InChI=1S/C13H14ClNS/c1-9-7-8-12(16-9)13(15-2)10-5-3-4-6-11(10)14/h3-8,13,15H,1-2H3. The minimum atomic E-state index is 0.187. The smallest absolute Gasteiger partial charge is 0.0683 e. The minimum absolute atomic E-state index is 0.187. The molecule has 0 amide bonds. The summed E-state index contributed by atoms with van der Waals surface area (Å²) in [5, 5.41) is 4.13. The van der Waals surface area contributed by atoms with Gasteiger partial charge in [0.05, 0.1) is 6.04 Å². The van der Waals surface area contributed by atoms with Crippen LogP contribution in [-0.4, -0.2) is 7.05 Å². The Bertz CT molecular complexity index is 478. The van der Waals surface area contributed by atoms with Gasteiger partial charge in [-0.2, -0.15) is 0 Å². The lowest BCUT2D eigenvalue weighted by atomic mass is 10.1. The molecule has 1 atom stereocenters. The summed E-state index contributed by atoms with van der Waals surface area (Å²) in [6.45, 7) is 2.12. The molecule has 0 spiro atoms. The van der Waals surface area contributed by atoms with Crippen LogP contribution in [0.1, 0.15) is 21.4 Å². The molecule has 0 saturated heterocycles. The normalized spacial score (nSPS) is 12.7. The second-order valence-electron chi connectivity index (χ2n) is 3.69. The summed E-state index contributed by atoms with van der Waals surface area (Å²) in [6, 6.07) is 12.5. The quantitative estimate of drug-likeness (QED) is 0.869. The van der Waals surface area contributed by atoms with Gasteiger partial charge in [0.2, 0.25) is 0 Å². The highest BCUT2D eigenvalue weighted by Gasteiger charge is 2.15. The van der Waals surface area contributed by atoms with Gasteiger partial charge in [0.1, 0.15) is 0 Å². The van der Waals surface area contributed by atoms with Crippen LogP contribution in [0.5, 0.6) is 0 Å². The van der Waals surface area contributed by atoms with Crippen LogP contribution in [0.2, 0.25) is 5.02 Å². The van der Waals surface area contributed by atoms with Crippen LogP contribution in [-0.2, 0) is 0 Å². The van der Waals surface area contributed by atoms with Crippen molar-refractivity contribution in [2.45, 2.75) is 13.0 Å². The summed E-state index contributed by atoms with van der Waals surface area (Å²) < 4.78 is 0. The Morgan fingerprint density at radius 2 is 1.94 bits per heavy atom. The molecule has 1 nitrogen and oxygen atoms in total. The van der Waals surface area contributed by atoms with Crippen molar-refractivity contribution in [3.8, 4) is 0 Å². The average Bonchev–Trinajstić information content (AvgIpc) is 2.69. The molecule has 1 N–H and O–H groups in total. The first-order chi connectivity index (χ1) is 7.72. The molecule has 84 valence electrons. The molecule has 1 aromatic heterocycles. The van der Waals surface area contributed by atoms with E-state index in [0.717, 1.165) is 10.6 Å². The van der Waals surface area contributed by atoms with Gasteiger partial charge in [-0.15, -0.1) is 11.3 Å². The molecule has 1 unspecified atom stereocenters. The summed E-state index contributed by atoms with van der Waals surface area (Å²) in [7, 11) is 1.96. The zero-order chi connectivity index (χ0) is 11.5. The Balaban J connectivity index is 2.40. The monoisotopic (exact) mass is 251 g/mol. The van der Waals surface area contributed by atoms with Crippen LogP contribution in [0.15, 0.2) is 36.4 Å². The summed E-state index contributed by atoms with van der Waals surface area (Å²) in [6.07, 6.45) is 0. The van der Waals surface area contributed by atoms with Crippen molar-refractivity contribution in [2.75, 3.05) is 7.05 Å². The molecule has 0 saturated carbocycles. The van der Waals surface area contributed by atoms with E-state index in [9.17, 15) is 0 Å². The van der Waals surface area contributed by atoms with Gasteiger partial charge in [0, 0.05) is 14.8 Å². The molecular formula is C13H14ClNS. The maximum Gasteiger partial charge on any atom is 0.0683 e. The van der Waals surface area contributed by atoms with Gasteiger partial charge in [-0.1, -0.05) is 29.8 Å². The van der Waals surface area contributed by atoms with Gasteiger partial charge in [0.25, 0.3) is 0 Å². The Labute approximate surface area is 105 Å². The zero-order valence-corrected chi connectivity index (χ0v) is 10.9. The summed E-state index contributed by atoms with van der Waals surface area (Å²) in [4.78, 5) is 2.62. The molecular weight excluding hydrogens is 238 g/mol. The maximum atomic E-state index is 6.22. The van der Waals surface area contributed by atoms with E-state index in [1.807, 2.05) is 25.2 Å². The van der Waals surface area contributed by atoms with Gasteiger partial charge in [-0.3, -0.25) is 0 Å². The van der Waals surface area contributed by atoms with Crippen LogP contribution in [0.3, 0.4) is 0 Å². The van der Waals surface area contributed by atoms with Crippen molar-refractivity contribution < 1.29 is 0 Å². The number of thiophene rings is 1. The third-order valence-electron chi connectivity index (χ3n) is 2.55. The number of halogens is 1. The first-order valence-corrected chi connectivity index (χ1v) is 6.40. The van der Waals surface area contributed by atoms with E-state index in [1.54, 1.807) is 11.3 Å². The van der Waals surface area contributed by atoms with E-state index in [0.29, 0.717) is 0 Å². The predicted molar refractivity (Wildman–Crippen MR) is 71.4 cm³/mol. The lowest BCUT2D eigenvalue weighted by molar-refractivity contribution is 0.704. The fourth-order valence-electron chi connectivity index (χ4n) is 1.77. The van der Waals surface area contributed by atoms with Gasteiger partial charge < -0.3 is 5.32 Å². The predicted octanol–water partition coefficient (Wildman–Crippen LogP) is 4.02. The molecule has 0 bridgehead atoms. The van der Waals surface area contributed by atoms with Crippen LogP contribution in [0.25, 0.3) is 0 Å². The number of rotatable bonds is 3. The SMILES string of the molecule is CNC(c1ccc(C)s1)c1ccccc1Cl. The second kappa shape index (κ2) is 5.00. The van der Waals surface area contributed by atoms with E-state index in [2.05, 4.69) is 30.4 Å². The van der Waals surface area contributed by atoms with Crippen molar-refractivity contribution >= 4 is 22.9 Å². The Morgan fingerprint density at radius 1 is 1.19 bits per heavy atom. The van der Waals surface area contributed by atoms with E-state index < -0.39 is 0 Å². The number of hydrogen-bond donors (Lipinski definition) is 1. The molecule has 0 radical (unpaired) electrons. The summed E-state index contributed by atoms with van der Waals surface area (Å²) in [5.74, 6) is 0. The van der Waals surface area contributed by atoms with Crippen LogP contribution < -0.4 is 5.32 Å². The van der Waals surface area contributed by atoms with E-state index in [-0.39, 0.29) is 6.04 Å². The van der Waals surface area contributed by atoms with Crippen molar-refractivity contribution in [2.24, 2.45) is 0 Å². The molecule has 3 heteroatoms. The Morgan fingerprint density at radius 3 is 2.50 bits per heavy atom. The number of nitrogens with one attached hydrogen (secondary N) is 1. The zero-order valence-electron chi connectivity index (χ0n) is 9.33. The van der Waals surface area contributed by atoms with Crippen molar-refractivity contribution in [1.29, 1.82) is 0 Å². The molecule has 0 aliphatic heterocycles. The highest BCUT2D eigenvalue weighted by molar-refractivity contribution is 7.12. The molecule has 16 heavy (non-hydrogen) atoms. The molecule has 0 aliphatic rings. The molecule has 1 heterocycles. The molecule has 1 aromatic carbocycles. The summed E-state index contributed by atoms with van der Waals surface area (Å²) >= 11 is 8.02. The first-order valence-electron chi connectivity index (χ1n) is 5.20. The van der Waals surface area contributed by atoms with Gasteiger partial charge >= 0.3 is 0 Å². The van der Waals surface area contributed by atoms with Crippen molar-refractivity contribution in [3.05, 3.63) is 56.7 Å². The molecule has 2 rings (SSSR count). The van der Waals surface area contributed by atoms with E-state index in [4.69, 9.17) is 11.6 Å². The largest absolute Gasteiger partial charge is 0.309 e. The number of aryl methyl sites for hydroxylation is 1. The lowest BCUT2D eigenvalue weighted by Gasteiger charge is -2.16. The first kappa shape index (κ1) is 11.6. The van der Waals surface area contributed by atoms with Gasteiger partial charge in [0.15, 0.2) is 0 Å². The fourth-order valence-corrected chi connectivity index (χ4v) is 3.02. The average molecular weight is 252 g/mol. The van der Waals surface area contributed by atoms with Gasteiger partial charge in [-0.05, 0) is 37.7 Å². The fraction of sp³-hybridized carbons (Fsp3) is 0.231. The lowest BCUT2D eigenvalue weighted by Crippen LogP contribution is -2.16. The maximum absolute atomic E-state index is 6.22. The third kappa shape index (κ3) is 2.29. The minimum Gasteiger partial charge on any atom is -0.309 e. The number of hydrogen-bond acceptors (Lipinski definition) is 2. The second-order valence-corrected chi connectivity index (χ2v) is 5.42. The van der Waals surface area contributed by atoms with Crippen LogP contribution >= 0.6 is 22.9 Å². The van der Waals surface area contributed by atoms with Gasteiger partial charge in [-0.25, -0.2) is 0 Å². The summed E-state index contributed by atoms with van der Waals surface area (Å²) in [5.41, 5.74) is 1.13. The van der Waals surface area contributed by atoms with Crippen LogP contribution in [0.4, 0.5) is 0 Å². The van der Waals surface area contributed by atoms with E-state index in [1.165, 1.54) is 9.75 Å². The molecule has 0 fully saturated rings. The topological polar surface area (TPSA) is 12.0 Å². The molecule has 0 aliphatic carbocycles. The van der Waals surface area contributed by atoms with Crippen molar-refractivity contribution in [1.82, 2.24) is 5.32 Å². The van der Waals surface area contributed by atoms with E-state index >= 15 is 0 Å². The Kier molecular flexibility index (Phi) is 3.64.